The van der Waals surface area contributed by atoms with Crippen LogP contribution >= 0.6 is 24.0 Å². The molecule has 3 rings (SSSR count). The summed E-state index contributed by atoms with van der Waals surface area (Å²) in [7, 11) is 0. The Balaban J connectivity index is 0.00000300. The Morgan fingerprint density at radius 2 is 2.10 bits per heavy atom. The highest BCUT2D eigenvalue weighted by atomic mass is 127. The van der Waals surface area contributed by atoms with Crippen LogP contribution in [0.1, 0.15) is 45.0 Å². The number of rotatable bonds is 8. The molecule has 2 unspecified atom stereocenters. The van der Waals surface area contributed by atoms with E-state index in [-0.39, 0.29) is 30.1 Å². The summed E-state index contributed by atoms with van der Waals surface area (Å²) in [6.45, 7) is 14.8. The van der Waals surface area contributed by atoms with E-state index in [1.807, 2.05) is 13.8 Å². The summed E-state index contributed by atoms with van der Waals surface area (Å²) in [6, 6.07) is 0. The maximum absolute atomic E-state index is 5.51. The molecule has 1 aromatic heterocycles. The first-order valence-corrected chi connectivity index (χ1v) is 10.5. The molecule has 2 saturated heterocycles. The highest BCUT2D eigenvalue weighted by Crippen LogP contribution is 2.19. The van der Waals surface area contributed by atoms with Crippen molar-refractivity contribution in [3.63, 3.8) is 0 Å². The number of nitrogens with one attached hydrogen (secondary N) is 1. The van der Waals surface area contributed by atoms with Crippen molar-refractivity contribution < 1.29 is 14.0 Å². The molecule has 29 heavy (non-hydrogen) atoms. The normalized spacial score (nSPS) is 21.8. The number of likely N-dealkylation sites (tertiary alicyclic amines) is 1. The molecule has 2 aliphatic rings. The summed E-state index contributed by atoms with van der Waals surface area (Å²) in [4.78, 5) is 14.0. The van der Waals surface area contributed by atoms with Crippen LogP contribution in [0.25, 0.3) is 0 Å². The van der Waals surface area contributed by atoms with E-state index in [4.69, 9.17) is 19.0 Å². The fourth-order valence-corrected chi connectivity index (χ4v) is 3.71. The van der Waals surface area contributed by atoms with Gasteiger partial charge in [0.05, 0.1) is 13.2 Å². The van der Waals surface area contributed by atoms with Crippen LogP contribution < -0.4 is 5.32 Å². The van der Waals surface area contributed by atoms with Crippen LogP contribution in [0, 0.1) is 5.92 Å². The molecule has 0 aromatic carbocycles. The molecule has 2 fully saturated rings. The molecule has 1 aromatic rings. The van der Waals surface area contributed by atoms with Crippen LogP contribution in [-0.2, 0) is 16.0 Å². The van der Waals surface area contributed by atoms with Crippen molar-refractivity contribution in [1.29, 1.82) is 0 Å². The van der Waals surface area contributed by atoms with Crippen LogP contribution in [0.3, 0.4) is 0 Å². The van der Waals surface area contributed by atoms with Crippen molar-refractivity contribution in [2.45, 2.75) is 39.8 Å². The molecule has 0 bridgehead atoms. The third kappa shape index (κ3) is 7.34. The van der Waals surface area contributed by atoms with Crippen LogP contribution in [-0.4, -0.2) is 85.0 Å². The lowest BCUT2D eigenvalue weighted by atomic mass is 10.1. The molecule has 3 heterocycles. The second-order valence-electron chi connectivity index (χ2n) is 7.33. The number of aliphatic imine (C=N–C) groups is 1. The van der Waals surface area contributed by atoms with Crippen LogP contribution in [0.4, 0.5) is 0 Å². The van der Waals surface area contributed by atoms with Crippen molar-refractivity contribution >= 4 is 29.9 Å². The summed E-state index contributed by atoms with van der Waals surface area (Å²) < 4.78 is 16.3. The molecule has 0 radical (unpaired) electrons. The third-order valence-corrected chi connectivity index (χ3v) is 5.17. The maximum Gasteiger partial charge on any atom is 0.248 e. The zero-order chi connectivity index (χ0) is 19.8. The van der Waals surface area contributed by atoms with Gasteiger partial charge in [-0.05, 0) is 33.1 Å². The molecule has 0 spiro atoms. The van der Waals surface area contributed by atoms with Crippen molar-refractivity contribution in [3.8, 4) is 0 Å². The Labute approximate surface area is 190 Å². The van der Waals surface area contributed by atoms with E-state index < -0.39 is 0 Å². The summed E-state index contributed by atoms with van der Waals surface area (Å²) in [5.41, 5.74) is 0. The minimum atomic E-state index is -0.167. The zero-order valence-electron chi connectivity index (χ0n) is 17.8. The maximum atomic E-state index is 5.51. The zero-order valence-corrected chi connectivity index (χ0v) is 20.1. The van der Waals surface area contributed by atoms with E-state index in [1.165, 1.54) is 6.42 Å². The fraction of sp³-hybridized carbons (Fsp3) is 0.842. The molecule has 0 amide bonds. The van der Waals surface area contributed by atoms with Gasteiger partial charge >= 0.3 is 0 Å². The van der Waals surface area contributed by atoms with Gasteiger partial charge in [-0.3, -0.25) is 4.90 Å². The number of hydrogen-bond donors (Lipinski definition) is 1. The Hall–Kier alpha value is -0.980. The van der Waals surface area contributed by atoms with Gasteiger partial charge in [-0.1, -0.05) is 5.16 Å². The number of guanidine groups is 1. The molecule has 0 aliphatic carbocycles. The Kier molecular flexibility index (Phi) is 10.6. The Bertz CT molecular complexity index is 623. The minimum Gasteiger partial charge on any atom is -0.379 e. The van der Waals surface area contributed by atoms with E-state index in [2.05, 4.69) is 32.2 Å². The number of halogens is 1. The smallest absolute Gasteiger partial charge is 0.248 e. The molecule has 1 N–H and O–H groups in total. The minimum absolute atomic E-state index is 0. The van der Waals surface area contributed by atoms with Gasteiger partial charge in [0, 0.05) is 45.9 Å². The first-order chi connectivity index (χ1) is 13.7. The summed E-state index contributed by atoms with van der Waals surface area (Å²) in [6.07, 6.45) is 1.03. The number of nitrogens with zero attached hydrogens (tertiary/aromatic N) is 5. The van der Waals surface area contributed by atoms with E-state index in [0.717, 1.165) is 58.4 Å². The first-order valence-electron chi connectivity index (χ1n) is 10.5. The number of aromatic nitrogens is 2. The second kappa shape index (κ2) is 12.7. The summed E-state index contributed by atoms with van der Waals surface area (Å²) in [5.74, 6) is 2.68. The van der Waals surface area contributed by atoms with E-state index in [1.54, 1.807) is 0 Å². The van der Waals surface area contributed by atoms with E-state index >= 15 is 0 Å². The quantitative estimate of drug-likeness (QED) is 0.315. The number of morpholine rings is 1. The topological polar surface area (TPSA) is 88.2 Å². The Morgan fingerprint density at radius 1 is 1.31 bits per heavy atom. The predicted octanol–water partition coefficient (Wildman–Crippen LogP) is 1.90. The second-order valence-corrected chi connectivity index (χ2v) is 7.33. The lowest BCUT2D eigenvalue weighted by Gasteiger charge is -2.29. The molecule has 166 valence electrons. The summed E-state index contributed by atoms with van der Waals surface area (Å²) >= 11 is 0. The molecule has 2 aliphatic heterocycles. The van der Waals surface area contributed by atoms with E-state index in [0.29, 0.717) is 30.8 Å². The van der Waals surface area contributed by atoms with Crippen molar-refractivity contribution in [3.05, 3.63) is 11.7 Å². The monoisotopic (exact) mass is 522 g/mol. The SMILES string of the molecule is CCNC(=NCc1nc(C(C)OCC)no1)N1CCC(CN2CCOCC2)C1.I. The van der Waals surface area contributed by atoms with Gasteiger partial charge in [0.15, 0.2) is 11.8 Å². The van der Waals surface area contributed by atoms with Gasteiger partial charge in [0.2, 0.25) is 5.89 Å². The van der Waals surface area contributed by atoms with Crippen LogP contribution in [0.15, 0.2) is 9.52 Å². The summed E-state index contributed by atoms with van der Waals surface area (Å²) in [5, 5.41) is 7.40. The highest BCUT2D eigenvalue weighted by molar-refractivity contribution is 14.0. The van der Waals surface area contributed by atoms with Gasteiger partial charge in [-0.25, -0.2) is 4.99 Å². The molecular formula is C19H35IN6O3. The lowest BCUT2D eigenvalue weighted by molar-refractivity contribution is 0.0315. The number of hydrogen-bond acceptors (Lipinski definition) is 7. The Morgan fingerprint density at radius 3 is 2.83 bits per heavy atom. The fourth-order valence-electron chi connectivity index (χ4n) is 3.71. The van der Waals surface area contributed by atoms with Gasteiger partial charge in [-0.15, -0.1) is 24.0 Å². The van der Waals surface area contributed by atoms with Crippen molar-refractivity contribution in [2.24, 2.45) is 10.9 Å². The number of ether oxygens (including phenoxy) is 2. The average Bonchev–Trinajstić information content (AvgIpc) is 3.36. The van der Waals surface area contributed by atoms with Crippen LogP contribution in [0.2, 0.25) is 0 Å². The van der Waals surface area contributed by atoms with Crippen molar-refractivity contribution in [2.75, 3.05) is 59.1 Å². The van der Waals surface area contributed by atoms with Crippen molar-refractivity contribution in [1.82, 2.24) is 25.3 Å². The van der Waals surface area contributed by atoms with Crippen LogP contribution in [0.5, 0.6) is 0 Å². The largest absolute Gasteiger partial charge is 0.379 e. The average molecular weight is 522 g/mol. The van der Waals surface area contributed by atoms with Gasteiger partial charge in [0.25, 0.3) is 0 Å². The molecular weight excluding hydrogens is 487 g/mol. The van der Waals surface area contributed by atoms with E-state index in [9.17, 15) is 0 Å². The molecule has 0 saturated carbocycles. The molecule has 9 nitrogen and oxygen atoms in total. The predicted molar refractivity (Wildman–Crippen MR) is 122 cm³/mol. The van der Waals surface area contributed by atoms with Gasteiger partial charge in [0.1, 0.15) is 12.6 Å². The molecule has 2 atom stereocenters. The lowest BCUT2D eigenvalue weighted by Crippen LogP contribution is -2.42. The third-order valence-electron chi connectivity index (χ3n) is 5.17. The van der Waals surface area contributed by atoms with Gasteiger partial charge < -0.3 is 24.2 Å². The standard InChI is InChI=1S/C19H34N6O3.HI/c1-4-20-19(21-12-17-22-18(23-28-17)15(3)27-5-2)25-7-6-16(14-25)13-24-8-10-26-11-9-24;/h15-16H,4-14H2,1-3H3,(H,20,21);1H. The molecule has 10 heteroatoms. The van der Waals surface area contributed by atoms with Gasteiger partial charge in [-0.2, -0.15) is 4.98 Å². The highest BCUT2D eigenvalue weighted by Gasteiger charge is 2.27. The first kappa shape index (κ1) is 24.3.